The van der Waals surface area contributed by atoms with E-state index < -0.39 is 0 Å². The number of rotatable bonds is 4. The molecule has 3 heterocycles. The molecule has 1 amide bonds. The van der Waals surface area contributed by atoms with E-state index >= 15 is 0 Å². The molecule has 1 aliphatic carbocycles. The van der Waals surface area contributed by atoms with Crippen molar-refractivity contribution in [3.05, 3.63) is 52.3 Å². The van der Waals surface area contributed by atoms with Crippen LogP contribution in [0.3, 0.4) is 0 Å². The average Bonchev–Trinajstić information content (AvgIpc) is 3.20. The minimum absolute atomic E-state index is 0.0725. The molecule has 5 heteroatoms. The van der Waals surface area contributed by atoms with Crippen LogP contribution in [0.5, 0.6) is 0 Å². The van der Waals surface area contributed by atoms with Crippen LogP contribution in [-0.2, 0) is 13.0 Å². The third kappa shape index (κ3) is 3.26. The first-order chi connectivity index (χ1) is 13.6. The monoisotopic (exact) mass is 378 g/mol. The Bertz CT molecular complexity index is 890. The highest BCUT2D eigenvalue weighted by molar-refractivity contribution is 5.92. The van der Waals surface area contributed by atoms with E-state index in [0.29, 0.717) is 30.2 Å². The number of aromatic nitrogens is 2. The van der Waals surface area contributed by atoms with E-state index in [1.54, 1.807) is 0 Å². The summed E-state index contributed by atoms with van der Waals surface area (Å²) in [5, 5.41) is 8.22. The van der Waals surface area contributed by atoms with Crippen LogP contribution in [0.1, 0.15) is 90.3 Å². The topological polar surface area (TPSA) is 50.2 Å². The fraction of sp³-hybridized carbons (Fsp3) is 0.565. The summed E-state index contributed by atoms with van der Waals surface area (Å²) < 4.78 is 1.97. The number of fused-ring (bicyclic) bond motifs is 1. The highest BCUT2D eigenvalue weighted by Crippen LogP contribution is 2.36. The lowest BCUT2D eigenvalue weighted by atomic mass is 9.86. The van der Waals surface area contributed by atoms with Crippen LogP contribution in [0.2, 0.25) is 0 Å². The van der Waals surface area contributed by atoms with Crippen LogP contribution in [0.25, 0.3) is 0 Å². The van der Waals surface area contributed by atoms with Gasteiger partial charge in [-0.2, -0.15) is 5.10 Å². The Kier molecular flexibility index (Phi) is 4.50. The minimum Gasteiger partial charge on any atom is -0.333 e. The minimum atomic E-state index is 0.0725. The van der Waals surface area contributed by atoms with Gasteiger partial charge in [-0.15, -0.1) is 0 Å². The molecule has 28 heavy (non-hydrogen) atoms. The van der Waals surface area contributed by atoms with Crippen molar-refractivity contribution in [1.29, 1.82) is 0 Å². The van der Waals surface area contributed by atoms with E-state index in [1.807, 2.05) is 21.8 Å². The van der Waals surface area contributed by atoms with Gasteiger partial charge >= 0.3 is 0 Å². The normalized spacial score (nSPS) is 22.0. The summed E-state index contributed by atoms with van der Waals surface area (Å²) in [6.07, 6.45) is 7.68. The van der Waals surface area contributed by atoms with Gasteiger partial charge in [-0.05, 0) is 72.9 Å². The molecule has 0 spiro atoms. The second-order valence-corrected chi connectivity index (χ2v) is 8.94. The lowest BCUT2D eigenvalue weighted by Crippen LogP contribution is -2.37. The zero-order chi connectivity index (χ0) is 19.3. The molecule has 1 N–H and O–H groups in total. The van der Waals surface area contributed by atoms with Gasteiger partial charge in [-0.3, -0.25) is 9.48 Å². The van der Waals surface area contributed by atoms with Crippen LogP contribution in [0, 0.1) is 0 Å². The number of nitrogens with zero attached hydrogens (tertiary/aromatic N) is 3. The molecule has 0 radical (unpaired) electrons. The smallest absolute Gasteiger partial charge is 0.274 e. The Balaban J connectivity index is 1.44. The molecular weight excluding hydrogens is 348 g/mol. The van der Waals surface area contributed by atoms with E-state index in [0.717, 1.165) is 19.5 Å². The molecule has 1 aromatic carbocycles. The van der Waals surface area contributed by atoms with Gasteiger partial charge in [0.2, 0.25) is 0 Å². The summed E-state index contributed by atoms with van der Waals surface area (Å²) >= 11 is 0. The van der Waals surface area contributed by atoms with Gasteiger partial charge in [0, 0.05) is 25.3 Å². The largest absolute Gasteiger partial charge is 0.333 e. The number of hydrogen-bond acceptors (Lipinski definition) is 3. The van der Waals surface area contributed by atoms with E-state index in [9.17, 15) is 4.79 Å². The van der Waals surface area contributed by atoms with Crippen molar-refractivity contribution in [1.82, 2.24) is 20.0 Å². The molecule has 148 valence electrons. The van der Waals surface area contributed by atoms with Crippen molar-refractivity contribution < 1.29 is 4.79 Å². The van der Waals surface area contributed by atoms with Crippen LogP contribution in [0.4, 0.5) is 0 Å². The Morgan fingerprint density at radius 1 is 1.25 bits per heavy atom. The van der Waals surface area contributed by atoms with Crippen molar-refractivity contribution in [3.8, 4) is 0 Å². The SMILES string of the molecule is CC(C)c1cc2c(c([C@@H]3CCCN3)c1)CN(C(=O)c1ccn(C3CC3)n1)CC2. The first-order valence-corrected chi connectivity index (χ1v) is 10.8. The van der Waals surface area contributed by atoms with E-state index in [-0.39, 0.29) is 5.91 Å². The molecule has 5 rings (SSSR count). The quantitative estimate of drug-likeness (QED) is 0.876. The zero-order valence-electron chi connectivity index (χ0n) is 16.9. The maximum atomic E-state index is 13.1. The number of carbonyl (C=O) groups excluding carboxylic acids is 1. The summed E-state index contributed by atoms with van der Waals surface area (Å²) in [5.41, 5.74) is 6.23. The summed E-state index contributed by atoms with van der Waals surface area (Å²) in [7, 11) is 0. The fourth-order valence-electron chi connectivity index (χ4n) is 4.65. The van der Waals surface area contributed by atoms with E-state index in [1.165, 1.54) is 47.9 Å². The standard InChI is InChI=1S/C23H30N4O/c1-15(2)17-12-16-7-10-26(14-20(16)19(13-17)21-4-3-9-24-21)23(28)22-8-11-27(25-22)18-5-6-18/h8,11-13,15,18,21,24H,3-7,9-10,14H2,1-2H3/t21-/m0/s1. The maximum absolute atomic E-state index is 13.1. The molecule has 5 nitrogen and oxygen atoms in total. The Morgan fingerprint density at radius 3 is 2.82 bits per heavy atom. The molecular formula is C23H30N4O. The second kappa shape index (κ2) is 7.03. The molecule has 3 aliphatic rings. The van der Waals surface area contributed by atoms with Crippen molar-refractivity contribution in [2.75, 3.05) is 13.1 Å². The lowest BCUT2D eigenvalue weighted by molar-refractivity contribution is 0.0727. The number of benzene rings is 1. The van der Waals surface area contributed by atoms with Crippen molar-refractivity contribution >= 4 is 5.91 Å². The average molecular weight is 379 g/mol. The predicted molar refractivity (Wildman–Crippen MR) is 109 cm³/mol. The molecule has 1 saturated carbocycles. The Hall–Kier alpha value is -2.14. The molecule has 0 unspecified atom stereocenters. The van der Waals surface area contributed by atoms with Crippen molar-refractivity contribution in [2.45, 2.75) is 70.5 Å². The molecule has 1 aromatic heterocycles. The van der Waals surface area contributed by atoms with Gasteiger partial charge in [0.15, 0.2) is 0 Å². The third-order valence-electron chi connectivity index (χ3n) is 6.54. The van der Waals surface area contributed by atoms with Crippen molar-refractivity contribution in [2.24, 2.45) is 0 Å². The van der Waals surface area contributed by atoms with Crippen molar-refractivity contribution in [3.63, 3.8) is 0 Å². The molecule has 2 fully saturated rings. The summed E-state index contributed by atoms with van der Waals surface area (Å²) in [6, 6.07) is 7.59. The summed E-state index contributed by atoms with van der Waals surface area (Å²) in [4.78, 5) is 15.1. The van der Waals surface area contributed by atoms with Gasteiger partial charge in [0.25, 0.3) is 5.91 Å². The number of nitrogens with one attached hydrogen (secondary N) is 1. The zero-order valence-corrected chi connectivity index (χ0v) is 16.9. The van der Waals surface area contributed by atoms with Crippen LogP contribution >= 0.6 is 0 Å². The highest BCUT2D eigenvalue weighted by atomic mass is 16.2. The van der Waals surface area contributed by atoms with Gasteiger partial charge in [-0.25, -0.2) is 0 Å². The lowest BCUT2D eigenvalue weighted by Gasteiger charge is -2.32. The number of amides is 1. The summed E-state index contributed by atoms with van der Waals surface area (Å²) in [5.74, 6) is 0.597. The number of carbonyl (C=O) groups is 1. The third-order valence-corrected chi connectivity index (χ3v) is 6.54. The van der Waals surface area contributed by atoms with Crippen LogP contribution < -0.4 is 5.32 Å². The maximum Gasteiger partial charge on any atom is 0.274 e. The van der Waals surface area contributed by atoms with E-state index in [4.69, 9.17) is 0 Å². The molecule has 2 aliphatic heterocycles. The second-order valence-electron chi connectivity index (χ2n) is 8.94. The highest BCUT2D eigenvalue weighted by Gasteiger charge is 2.30. The van der Waals surface area contributed by atoms with Gasteiger partial charge < -0.3 is 10.2 Å². The Morgan fingerprint density at radius 2 is 2.11 bits per heavy atom. The molecule has 0 bridgehead atoms. The van der Waals surface area contributed by atoms with Gasteiger partial charge in [-0.1, -0.05) is 26.0 Å². The van der Waals surface area contributed by atoms with Gasteiger partial charge in [0.1, 0.15) is 5.69 Å². The van der Waals surface area contributed by atoms with Gasteiger partial charge in [0.05, 0.1) is 6.04 Å². The fourth-order valence-corrected chi connectivity index (χ4v) is 4.65. The van der Waals surface area contributed by atoms with Crippen LogP contribution in [0.15, 0.2) is 24.4 Å². The number of hydrogen-bond donors (Lipinski definition) is 1. The predicted octanol–water partition coefficient (Wildman–Crippen LogP) is 3.96. The Labute approximate surface area is 167 Å². The molecule has 2 aromatic rings. The van der Waals surface area contributed by atoms with E-state index in [2.05, 4.69) is 36.4 Å². The molecule has 1 saturated heterocycles. The summed E-state index contributed by atoms with van der Waals surface area (Å²) in [6.45, 7) is 7.11. The first-order valence-electron chi connectivity index (χ1n) is 10.8. The van der Waals surface area contributed by atoms with Crippen LogP contribution in [-0.4, -0.2) is 33.7 Å². The molecule has 1 atom stereocenters. The first kappa shape index (κ1) is 17.9.